The molecule has 1 amide bonds. The number of methoxy groups -OCH3 is 2. The highest BCUT2D eigenvalue weighted by Crippen LogP contribution is 2.46. The number of fused-ring (bicyclic) bond motifs is 1. The topological polar surface area (TPSA) is 96.9 Å². The molecule has 5 aromatic rings. The van der Waals surface area contributed by atoms with Gasteiger partial charge in [-0.3, -0.25) is 9.89 Å². The maximum absolute atomic E-state index is 14.0. The van der Waals surface area contributed by atoms with Crippen LogP contribution in [0.4, 0.5) is 0 Å². The summed E-state index contributed by atoms with van der Waals surface area (Å²) in [5.41, 5.74) is 7.00. The van der Waals surface area contributed by atoms with E-state index in [1.165, 1.54) is 0 Å². The molecule has 224 valence electrons. The summed E-state index contributed by atoms with van der Waals surface area (Å²) in [5.74, 6) is 1.95. The number of aromatic hydroxyl groups is 1. The molecule has 1 aromatic heterocycles. The lowest BCUT2D eigenvalue weighted by molar-refractivity contribution is 0.0745. The van der Waals surface area contributed by atoms with Crippen molar-refractivity contribution < 1.29 is 24.1 Å². The highest BCUT2D eigenvalue weighted by molar-refractivity contribution is 6.00. The first-order valence-corrected chi connectivity index (χ1v) is 14.5. The van der Waals surface area contributed by atoms with Crippen LogP contribution >= 0.6 is 0 Å². The Balaban J connectivity index is 1.40. The predicted octanol–water partition coefficient (Wildman–Crippen LogP) is 6.78. The zero-order chi connectivity index (χ0) is 30.8. The number of carbonyl (C=O) groups excluding carboxylic acids is 1. The molecule has 8 nitrogen and oxygen atoms in total. The monoisotopic (exact) mass is 589 g/mol. The molecule has 0 saturated heterocycles. The van der Waals surface area contributed by atoms with E-state index < -0.39 is 6.04 Å². The lowest BCUT2D eigenvalue weighted by atomic mass is 9.93. The number of H-pyrrole nitrogens is 1. The number of hydrogen-bond donors (Lipinski definition) is 2. The molecule has 6 rings (SSSR count). The van der Waals surface area contributed by atoms with E-state index in [0.717, 1.165) is 39.1 Å². The molecular formula is C36H35N3O5. The van der Waals surface area contributed by atoms with Crippen molar-refractivity contribution in [3.05, 3.63) is 124 Å². The van der Waals surface area contributed by atoms with Crippen LogP contribution in [0.2, 0.25) is 0 Å². The number of aromatic amines is 1. The van der Waals surface area contributed by atoms with E-state index in [1.54, 1.807) is 14.2 Å². The number of nitrogens with zero attached hydrogens (tertiary/aromatic N) is 2. The molecule has 4 aromatic carbocycles. The maximum atomic E-state index is 14.0. The molecule has 1 aliphatic rings. The van der Waals surface area contributed by atoms with Crippen molar-refractivity contribution in [3.63, 3.8) is 0 Å². The molecule has 0 aliphatic carbocycles. The summed E-state index contributed by atoms with van der Waals surface area (Å²) in [7, 11) is 3.25. The lowest BCUT2D eigenvalue weighted by Crippen LogP contribution is -2.31. The van der Waals surface area contributed by atoms with Crippen LogP contribution in [0, 0.1) is 13.8 Å². The van der Waals surface area contributed by atoms with Gasteiger partial charge in [-0.25, -0.2) is 0 Å². The number of benzene rings is 4. The number of nitrogens with one attached hydrogen (secondary N) is 1. The van der Waals surface area contributed by atoms with Gasteiger partial charge < -0.3 is 24.2 Å². The Morgan fingerprint density at radius 3 is 2.39 bits per heavy atom. The summed E-state index contributed by atoms with van der Waals surface area (Å²) in [6.45, 7) is 4.70. The first kappa shape index (κ1) is 28.9. The largest absolute Gasteiger partial charge is 0.507 e. The van der Waals surface area contributed by atoms with Crippen molar-refractivity contribution in [1.29, 1.82) is 0 Å². The zero-order valence-corrected chi connectivity index (χ0v) is 25.3. The van der Waals surface area contributed by atoms with Gasteiger partial charge in [-0.2, -0.15) is 5.10 Å². The molecule has 1 unspecified atom stereocenters. The van der Waals surface area contributed by atoms with Crippen LogP contribution in [0.15, 0.2) is 84.9 Å². The Bertz CT molecular complexity index is 1800. The number of aryl methyl sites for hydroxylation is 2. The number of aromatic nitrogens is 2. The van der Waals surface area contributed by atoms with Crippen LogP contribution in [0.5, 0.6) is 23.0 Å². The van der Waals surface area contributed by atoms with Gasteiger partial charge in [-0.05, 0) is 78.4 Å². The van der Waals surface area contributed by atoms with Crippen LogP contribution in [-0.4, -0.2) is 46.9 Å². The fourth-order valence-electron chi connectivity index (χ4n) is 5.87. The Labute approximate surface area is 256 Å². The van der Waals surface area contributed by atoms with Gasteiger partial charge in [0.2, 0.25) is 0 Å². The minimum absolute atomic E-state index is 0.148. The molecule has 8 heteroatoms. The summed E-state index contributed by atoms with van der Waals surface area (Å²) in [6, 6.07) is 26.9. The summed E-state index contributed by atoms with van der Waals surface area (Å²) < 4.78 is 17.2. The van der Waals surface area contributed by atoms with E-state index in [0.29, 0.717) is 48.0 Å². The third kappa shape index (κ3) is 5.46. The average Bonchev–Trinajstić information content (AvgIpc) is 3.59. The van der Waals surface area contributed by atoms with Gasteiger partial charge in [0, 0.05) is 17.7 Å². The molecule has 0 radical (unpaired) electrons. The molecule has 44 heavy (non-hydrogen) atoms. The second-order valence-corrected chi connectivity index (χ2v) is 11.0. The Hall–Kier alpha value is -5.24. The van der Waals surface area contributed by atoms with Crippen molar-refractivity contribution in [2.24, 2.45) is 0 Å². The lowest BCUT2D eigenvalue weighted by Gasteiger charge is -2.27. The Kier molecular flexibility index (Phi) is 7.98. The number of carbonyl (C=O) groups is 1. The number of hydrogen-bond acceptors (Lipinski definition) is 6. The number of rotatable bonds is 10. The standard InChI is InChI=1S/C36H35N3O5/c1-22-18-23(2)35(40)28(19-22)32-31-33(38-37-32)36(41)39(17-16-24-10-13-27(42-3)14-11-24)34(31)26-12-15-29(30(20-26)43-4)44-21-25-8-6-5-7-9-25/h5-15,18-20,34,40H,16-17,21H2,1-4H3,(H,37,38). The van der Waals surface area contributed by atoms with Crippen LogP contribution in [0.3, 0.4) is 0 Å². The van der Waals surface area contributed by atoms with Gasteiger partial charge in [-0.1, -0.05) is 54.6 Å². The van der Waals surface area contributed by atoms with E-state index in [1.807, 2.05) is 104 Å². The van der Waals surface area contributed by atoms with Crippen molar-refractivity contribution in [1.82, 2.24) is 15.1 Å². The summed E-state index contributed by atoms with van der Waals surface area (Å²) >= 11 is 0. The van der Waals surface area contributed by atoms with Gasteiger partial charge in [0.25, 0.3) is 5.91 Å². The van der Waals surface area contributed by atoms with E-state index in [4.69, 9.17) is 14.2 Å². The quantitative estimate of drug-likeness (QED) is 0.186. The number of phenolic OH excluding ortho intramolecular Hbond substituents is 1. The van der Waals surface area contributed by atoms with Crippen LogP contribution < -0.4 is 14.2 Å². The van der Waals surface area contributed by atoms with Crippen molar-refractivity contribution in [2.75, 3.05) is 20.8 Å². The highest BCUT2D eigenvalue weighted by Gasteiger charge is 2.42. The van der Waals surface area contributed by atoms with Gasteiger partial charge in [0.05, 0.1) is 20.3 Å². The maximum Gasteiger partial charge on any atom is 0.273 e. The molecule has 1 atom stereocenters. The van der Waals surface area contributed by atoms with Gasteiger partial charge in [0.15, 0.2) is 11.5 Å². The SMILES string of the molecule is COc1ccc(CCN2C(=O)c3[nH]nc(-c4cc(C)cc(C)c4O)c3C2c2ccc(OCc3ccccc3)c(OC)c2)cc1. The summed E-state index contributed by atoms with van der Waals surface area (Å²) in [4.78, 5) is 15.8. The van der Waals surface area contributed by atoms with E-state index >= 15 is 0 Å². The third-order valence-corrected chi connectivity index (χ3v) is 8.10. The minimum Gasteiger partial charge on any atom is -0.507 e. The number of amides is 1. The third-order valence-electron chi connectivity index (χ3n) is 8.10. The van der Waals surface area contributed by atoms with Crippen molar-refractivity contribution in [3.8, 4) is 34.3 Å². The normalized spacial score (nSPS) is 14.0. The fraction of sp³-hybridized carbons (Fsp3) is 0.222. The zero-order valence-electron chi connectivity index (χ0n) is 25.3. The second-order valence-electron chi connectivity index (χ2n) is 11.0. The molecule has 0 bridgehead atoms. The molecule has 1 aliphatic heterocycles. The molecule has 0 saturated carbocycles. The minimum atomic E-state index is -0.471. The highest BCUT2D eigenvalue weighted by atomic mass is 16.5. The fourth-order valence-corrected chi connectivity index (χ4v) is 5.87. The Morgan fingerprint density at radius 2 is 1.66 bits per heavy atom. The van der Waals surface area contributed by atoms with Crippen molar-refractivity contribution >= 4 is 5.91 Å². The van der Waals surface area contributed by atoms with Gasteiger partial charge in [0.1, 0.15) is 29.5 Å². The predicted molar refractivity (Wildman–Crippen MR) is 169 cm³/mol. The van der Waals surface area contributed by atoms with Crippen molar-refractivity contribution in [2.45, 2.75) is 32.9 Å². The Morgan fingerprint density at radius 1 is 0.886 bits per heavy atom. The molecule has 2 heterocycles. The van der Waals surface area contributed by atoms with Gasteiger partial charge >= 0.3 is 0 Å². The summed E-state index contributed by atoms with van der Waals surface area (Å²) in [6.07, 6.45) is 0.642. The molecular weight excluding hydrogens is 554 g/mol. The van der Waals surface area contributed by atoms with Crippen LogP contribution in [-0.2, 0) is 13.0 Å². The second kappa shape index (κ2) is 12.2. The molecule has 2 N–H and O–H groups in total. The van der Waals surface area contributed by atoms with Crippen LogP contribution in [0.1, 0.15) is 49.9 Å². The average molecular weight is 590 g/mol. The van der Waals surface area contributed by atoms with E-state index in [9.17, 15) is 9.90 Å². The number of phenols is 1. The molecule has 0 fully saturated rings. The first-order chi connectivity index (χ1) is 21.4. The van der Waals surface area contributed by atoms with Crippen LogP contribution in [0.25, 0.3) is 11.3 Å². The summed E-state index contributed by atoms with van der Waals surface area (Å²) in [5, 5.41) is 18.6. The van der Waals surface area contributed by atoms with Gasteiger partial charge in [-0.15, -0.1) is 0 Å². The van der Waals surface area contributed by atoms with E-state index in [-0.39, 0.29) is 11.7 Å². The van der Waals surface area contributed by atoms with E-state index in [2.05, 4.69) is 10.2 Å². The first-order valence-electron chi connectivity index (χ1n) is 14.5. The molecule has 0 spiro atoms. The number of ether oxygens (including phenoxy) is 3. The smallest absolute Gasteiger partial charge is 0.273 e.